The average Bonchev–Trinajstić information content (AvgIpc) is 3.35. The van der Waals surface area contributed by atoms with E-state index in [4.69, 9.17) is 0 Å². The Balaban J connectivity index is 1.81. The Morgan fingerprint density at radius 3 is 2.91 bits per heavy atom. The number of rotatable bonds is 8. The second-order valence-electron chi connectivity index (χ2n) is 7.55. The van der Waals surface area contributed by atoms with E-state index in [9.17, 15) is 0 Å². The van der Waals surface area contributed by atoms with Crippen LogP contribution in [0.15, 0.2) is 108 Å². The van der Waals surface area contributed by atoms with Gasteiger partial charge in [0.05, 0.1) is 28.7 Å². The van der Waals surface area contributed by atoms with E-state index in [0.717, 1.165) is 50.4 Å². The van der Waals surface area contributed by atoms with Gasteiger partial charge in [0.15, 0.2) is 0 Å². The van der Waals surface area contributed by atoms with Gasteiger partial charge in [-0.25, -0.2) is 9.97 Å². The lowest BCUT2D eigenvalue weighted by molar-refractivity contribution is 1.07. The van der Waals surface area contributed by atoms with Crippen LogP contribution in [0.2, 0.25) is 0 Å². The molecule has 174 valence electrons. The number of hydrogen-bond donors (Lipinski definition) is 3. The van der Waals surface area contributed by atoms with Gasteiger partial charge in [-0.05, 0) is 43.7 Å². The fourth-order valence-electron chi connectivity index (χ4n) is 3.80. The lowest BCUT2D eigenvalue weighted by Crippen LogP contribution is -2.13. The van der Waals surface area contributed by atoms with E-state index in [-0.39, 0.29) is 0 Å². The summed E-state index contributed by atoms with van der Waals surface area (Å²) in [6.07, 6.45) is 18.6. The van der Waals surface area contributed by atoms with Crippen LogP contribution < -0.4 is 10.6 Å². The van der Waals surface area contributed by atoms with Gasteiger partial charge >= 0.3 is 0 Å². The number of fused-ring (bicyclic) bond motifs is 1. The summed E-state index contributed by atoms with van der Waals surface area (Å²) in [5, 5.41) is 7.58. The number of nitrogens with one attached hydrogen (secondary N) is 3. The molecule has 3 N–H and O–H groups in total. The highest BCUT2D eigenvalue weighted by molar-refractivity contribution is 6.15. The highest BCUT2D eigenvalue weighted by Crippen LogP contribution is 2.32. The molecule has 0 aromatic carbocycles. The van der Waals surface area contributed by atoms with Crippen molar-refractivity contribution in [1.29, 1.82) is 0 Å². The minimum Gasteiger partial charge on any atom is -0.361 e. The third-order valence-corrected chi connectivity index (χ3v) is 5.45. The molecule has 0 radical (unpaired) electrons. The molecule has 7 heteroatoms. The zero-order valence-electron chi connectivity index (χ0n) is 19.8. The highest BCUT2D eigenvalue weighted by Gasteiger charge is 2.18. The first-order valence-electron chi connectivity index (χ1n) is 11.3. The molecule has 0 amide bonds. The summed E-state index contributed by atoms with van der Waals surface area (Å²) in [6, 6.07) is 3.80. The van der Waals surface area contributed by atoms with Gasteiger partial charge in [0, 0.05) is 53.8 Å². The Kier molecular flexibility index (Phi) is 7.31. The van der Waals surface area contributed by atoms with Crippen molar-refractivity contribution in [1.82, 2.24) is 25.3 Å². The van der Waals surface area contributed by atoms with E-state index < -0.39 is 0 Å². The maximum atomic E-state index is 4.59. The molecule has 0 unspecified atom stereocenters. The fraction of sp³-hybridized carbons (Fsp3) is 0.107. The van der Waals surface area contributed by atoms with Crippen LogP contribution in [-0.2, 0) is 0 Å². The van der Waals surface area contributed by atoms with Crippen molar-refractivity contribution in [2.24, 2.45) is 4.99 Å². The Morgan fingerprint density at radius 1 is 1.31 bits per heavy atom. The molecule has 0 aliphatic carbocycles. The average molecular weight is 462 g/mol. The van der Waals surface area contributed by atoms with Crippen LogP contribution in [0.3, 0.4) is 0 Å². The van der Waals surface area contributed by atoms with Crippen LogP contribution in [0.1, 0.15) is 25.1 Å². The Labute approximate surface area is 204 Å². The van der Waals surface area contributed by atoms with Gasteiger partial charge in [-0.1, -0.05) is 25.3 Å². The van der Waals surface area contributed by atoms with Crippen molar-refractivity contribution < 1.29 is 0 Å². The van der Waals surface area contributed by atoms with Crippen molar-refractivity contribution >= 4 is 34.1 Å². The summed E-state index contributed by atoms with van der Waals surface area (Å²) < 4.78 is 0. The van der Waals surface area contributed by atoms with Gasteiger partial charge in [-0.3, -0.25) is 9.98 Å². The fourth-order valence-corrected chi connectivity index (χ4v) is 3.80. The highest BCUT2D eigenvalue weighted by atomic mass is 14.9. The van der Waals surface area contributed by atoms with Crippen molar-refractivity contribution in [2.75, 3.05) is 11.9 Å². The third-order valence-electron chi connectivity index (χ3n) is 5.45. The molecule has 0 saturated heterocycles. The first-order valence-corrected chi connectivity index (χ1v) is 11.3. The predicted molar refractivity (Wildman–Crippen MR) is 145 cm³/mol. The van der Waals surface area contributed by atoms with Crippen LogP contribution in [0.5, 0.6) is 0 Å². The van der Waals surface area contributed by atoms with Gasteiger partial charge < -0.3 is 15.6 Å². The monoisotopic (exact) mass is 461 g/mol. The van der Waals surface area contributed by atoms with E-state index in [0.29, 0.717) is 12.2 Å². The summed E-state index contributed by atoms with van der Waals surface area (Å²) in [4.78, 5) is 20.9. The molecule has 3 aromatic heterocycles. The summed E-state index contributed by atoms with van der Waals surface area (Å²) in [6.45, 7) is 12.6. The van der Waals surface area contributed by atoms with Gasteiger partial charge in [0.25, 0.3) is 0 Å². The Bertz CT molecular complexity index is 1440. The molecular weight excluding hydrogens is 434 g/mol. The number of allylic oxidation sites excluding steroid dienone is 6. The van der Waals surface area contributed by atoms with Gasteiger partial charge in [-0.15, -0.1) is 5.73 Å². The summed E-state index contributed by atoms with van der Waals surface area (Å²) in [7, 11) is 0. The van der Waals surface area contributed by atoms with Crippen LogP contribution in [-0.4, -0.2) is 32.7 Å². The SMILES string of the molecule is C=C=C(Nc1cccnc1)/C(C=C)=C1\C=C(c2c[nH]c3ncnc(/C(C=NCC)=C/C)c23)C=CN1. The van der Waals surface area contributed by atoms with E-state index in [1.165, 1.54) is 0 Å². The molecule has 1 aliphatic rings. The molecule has 0 atom stereocenters. The van der Waals surface area contributed by atoms with E-state index in [1.54, 1.807) is 24.8 Å². The zero-order chi connectivity index (χ0) is 24.6. The number of pyridine rings is 1. The van der Waals surface area contributed by atoms with Gasteiger partial charge in [0.2, 0.25) is 0 Å². The van der Waals surface area contributed by atoms with E-state index in [1.807, 2.05) is 56.7 Å². The number of H-pyrrole nitrogens is 1. The summed E-state index contributed by atoms with van der Waals surface area (Å²) in [5.74, 6) is 0. The van der Waals surface area contributed by atoms with Crippen LogP contribution in [0.25, 0.3) is 22.2 Å². The van der Waals surface area contributed by atoms with Crippen LogP contribution in [0, 0.1) is 0 Å². The number of aliphatic imine (C=N–C) groups is 1. The van der Waals surface area contributed by atoms with Crippen LogP contribution in [0.4, 0.5) is 5.69 Å². The second kappa shape index (κ2) is 10.9. The molecule has 4 heterocycles. The minimum absolute atomic E-state index is 0.691. The molecular formula is C28H27N7. The van der Waals surface area contributed by atoms with E-state index >= 15 is 0 Å². The number of hydrogen-bond acceptors (Lipinski definition) is 6. The standard InChI is InChI=1S/C28H27N7/c1-5-19(15-29-8-4)27-26-23(17-32-28(26)34-18-33-27)20-11-13-31-25(14-20)22(6-2)24(7-3)35-21-10-9-12-30-16-21/h5-6,9-18,31,35H,2-3,8H2,1,4H3,(H,32,33,34)/b19-5+,25-22+,29-15?. The Hall–Kier alpha value is -4.74. The van der Waals surface area contributed by atoms with Crippen molar-refractivity contribution in [3.63, 3.8) is 0 Å². The molecule has 0 spiro atoms. The Morgan fingerprint density at radius 2 is 2.20 bits per heavy atom. The summed E-state index contributed by atoms with van der Waals surface area (Å²) >= 11 is 0. The first-order chi connectivity index (χ1) is 17.2. The van der Waals surface area contributed by atoms with Crippen molar-refractivity contribution in [3.8, 4) is 0 Å². The normalized spacial score (nSPS) is 14.9. The molecule has 4 rings (SSSR count). The third kappa shape index (κ3) is 4.95. The minimum atomic E-state index is 0.691. The lowest BCUT2D eigenvalue weighted by Gasteiger charge is -2.17. The molecule has 3 aromatic rings. The zero-order valence-corrected chi connectivity index (χ0v) is 19.8. The molecule has 0 saturated carbocycles. The smallest absolute Gasteiger partial charge is 0.141 e. The maximum Gasteiger partial charge on any atom is 0.141 e. The number of anilines is 1. The lowest BCUT2D eigenvalue weighted by atomic mass is 9.98. The largest absolute Gasteiger partial charge is 0.361 e. The molecule has 1 aliphatic heterocycles. The number of aromatic amines is 1. The molecule has 0 bridgehead atoms. The topological polar surface area (TPSA) is 90.9 Å². The van der Waals surface area contributed by atoms with Gasteiger partial charge in [0.1, 0.15) is 12.0 Å². The van der Waals surface area contributed by atoms with Crippen molar-refractivity contribution in [2.45, 2.75) is 13.8 Å². The number of aromatic nitrogens is 4. The molecule has 35 heavy (non-hydrogen) atoms. The number of dihydropyridines is 1. The second-order valence-corrected chi connectivity index (χ2v) is 7.55. The van der Waals surface area contributed by atoms with Gasteiger partial charge in [-0.2, -0.15) is 0 Å². The molecule has 7 nitrogen and oxygen atoms in total. The first kappa shape index (κ1) is 23.4. The number of nitrogens with zero attached hydrogens (tertiary/aromatic N) is 4. The molecule has 0 fully saturated rings. The maximum absolute atomic E-state index is 4.59. The van der Waals surface area contributed by atoms with E-state index in [2.05, 4.69) is 60.5 Å². The predicted octanol–water partition coefficient (Wildman–Crippen LogP) is 5.57. The quantitative estimate of drug-likeness (QED) is 0.301. The van der Waals surface area contributed by atoms with Crippen LogP contribution >= 0.6 is 0 Å². The summed E-state index contributed by atoms with van der Waals surface area (Å²) in [5.41, 5.74) is 10.7. The van der Waals surface area contributed by atoms with Crippen molar-refractivity contribution in [3.05, 3.63) is 115 Å².